The molecule has 5 heterocycles. The minimum absolute atomic E-state index is 0.0519. The number of aliphatic hydroxyl groups excluding tert-OH is 2. The van der Waals surface area contributed by atoms with Crippen molar-refractivity contribution in [3.05, 3.63) is 111 Å². The number of rotatable bonds is 2. The summed E-state index contributed by atoms with van der Waals surface area (Å²) in [6.45, 7) is -0.168. The molecule has 0 aromatic heterocycles. The second-order valence-electron chi connectivity index (χ2n) is 16.7. The minimum Gasteiger partial charge on any atom is -0.506 e. The average Bonchev–Trinajstić information content (AvgIpc) is 3.99. The number of phenolic OH excluding ortho intramolecular Hbond substituents is 1. The van der Waals surface area contributed by atoms with Crippen LogP contribution in [0.25, 0.3) is 16.8 Å². The van der Waals surface area contributed by atoms with E-state index in [2.05, 4.69) is 17.0 Å². The predicted molar refractivity (Wildman–Crippen MR) is 220 cm³/mol. The third kappa shape index (κ3) is 5.74. The Kier molecular flexibility index (Phi) is 8.93. The maximum Gasteiger partial charge on any atom is 0.254 e. The molecule has 60 heavy (non-hydrogen) atoms. The monoisotopic (exact) mass is 807 g/mol. The lowest BCUT2D eigenvalue weighted by Crippen LogP contribution is -2.61. The fourth-order valence-electron chi connectivity index (χ4n) is 10.7. The zero-order chi connectivity index (χ0) is 40.8. The van der Waals surface area contributed by atoms with Gasteiger partial charge in [-0.15, -0.1) is 0 Å². The van der Waals surface area contributed by atoms with Gasteiger partial charge in [-0.3, -0.25) is 9.59 Å². The Hall–Kier alpha value is -5.84. The molecule has 5 aliphatic heterocycles. The van der Waals surface area contributed by atoms with Crippen molar-refractivity contribution in [1.82, 2.24) is 4.90 Å². The molecule has 1 saturated heterocycles. The molecule has 12 heteroatoms. The van der Waals surface area contributed by atoms with Crippen LogP contribution < -0.4 is 9.47 Å². The number of carbonyl (C=O) groups excluding carboxylic acids is 2. The number of ketones is 1. The van der Waals surface area contributed by atoms with Crippen molar-refractivity contribution >= 4 is 34.8 Å². The summed E-state index contributed by atoms with van der Waals surface area (Å²) in [7, 11) is 1.56. The number of aliphatic imine (C=N–C) groups is 1. The lowest BCUT2D eigenvalue weighted by atomic mass is 9.72. The number of ether oxygens (including phenoxy) is 5. The number of hydrogen-bond acceptors (Lipinski definition) is 11. The summed E-state index contributed by atoms with van der Waals surface area (Å²) < 4.78 is 31.8. The van der Waals surface area contributed by atoms with Crippen LogP contribution >= 0.6 is 0 Å². The molecule has 3 N–H and O–H groups in total. The van der Waals surface area contributed by atoms with Crippen LogP contribution in [-0.2, 0) is 33.6 Å². The van der Waals surface area contributed by atoms with Crippen molar-refractivity contribution < 1.29 is 48.6 Å². The number of Topliss-reactive ketones (excluding diaryl/α,β-unsaturated/α-hetero) is 1. The summed E-state index contributed by atoms with van der Waals surface area (Å²) in [5.41, 5.74) is 6.85. The van der Waals surface area contributed by atoms with E-state index in [9.17, 15) is 20.1 Å². The van der Waals surface area contributed by atoms with Crippen molar-refractivity contribution in [2.75, 3.05) is 20.3 Å². The summed E-state index contributed by atoms with van der Waals surface area (Å²) in [6, 6.07) is 7.32. The zero-order valence-corrected chi connectivity index (χ0v) is 32.9. The van der Waals surface area contributed by atoms with Gasteiger partial charge in [0.25, 0.3) is 5.91 Å². The molecule has 0 radical (unpaired) electrons. The van der Waals surface area contributed by atoms with E-state index in [1.54, 1.807) is 31.5 Å². The van der Waals surface area contributed by atoms with Crippen molar-refractivity contribution in [2.24, 2.45) is 10.9 Å². The highest BCUT2D eigenvalue weighted by atomic mass is 16.7. The van der Waals surface area contributed by atoms with E-state index in [1.807, 2.05) is 42.9 Å². The van der Waals surface area contributed by atoms with Crippen LogP contribution in [0.2, 0.25) is 0 Å². The molecule has 8 atom stereocenters. The highest BCUT2D eigenvalue weighted by Crippen LogP contribution is 2.55. The third-order valence-electron chi connectivity index (χ3n) is 13.6. The van der Waals surface area contributed by atoms with E-state index >= 15 is 4.79 Å². The molecule has 8 aliphatic rings. The van der Waals surface area contributed by atoms with Gasteiger partial charge in [0.15, 0.2) is 23.7 Å². The Morgan fingerprint density at radius 1 is 1.08 bits per heavy atom. The van der Waals surface area contributed by atoms with E-state index in [0.29, 0.717) is 34.6 Å². The highest BCUT2D eigenvalue weighted by molar-refractivity contribution is 6.13. The molecule has 11 rings (SSSR count). The Balaban J connectivity index is 1.17. The lowest BCUT2D eigenvalue weighted by Gasteiger charge is -2.41. The number of nitrogens with zero attached hydrogens (tertiary/aromatic N) is 2. The zero-order valence-electron chi connectivity index (χ0n) is 32.9. The van der Waals surface area contributed by atoms with Crippen molar-refractivity contribution in [3.8, 4) is 29.3 Å². The van der Waals surface area contributed by atoms with E-state index in [0.717, 1.165) is 64.8 Å². The number of carbonyl (C=O) groups is 2. The number of aryl methyl sites for hydroxylation is 1. The fraction of sp³-hybridized carbons (Fsp3) is 0.375. The van der Waals surface area contributed by atoms with Gasteiger partial charge in [-0.05, 0) is 89.4 Å². The van der Waals surface area contributed by atoms with Gasteiger partial charge in [0.2, 0.25) is 6.29 Å². The molecular weight excluding hydrogens is 765 g/mol. The molecule has 3 aliphatic carbocycles. The van der Waals surface area contributed by atoms with Gasteiger partial charge in [-0.1, -0.05) is 24.5 Å². The van der Waals surface area contributed by atoms with E-state index in [4.69, 9.17) is 23.7 Å². The molecule has 3 aromatic carbocycles. The van der Waals surface area contributed by atoms with Crippen molar-refractivity contribution in [2.45, 2.75) is 87.8 Å². The summed E-state index contributed by atoms with van der Waals surface area (Å²) >= 11 is 0. The summed E-state index contributed by atoms with van der Waals surface area (Å²) in [5, 5.41) is 37.5. The first kappa shape index (κ1) is 37.2. The molecular formula is C48H43N2O10+. The maximum atomic E-state index is 15.0. The molecule has 304 valence electrons. The highest BCUT2D eigenvalue weighted by Gasteiger charge is 2.49. The second-order valence-corrected chi connectivity index (χ2v) is 16.7. The van der Waals surface area contributed by atoms with Crippen molar-refractivity contribution in [1.29, 1.82) is 0 Å². The van der Waals surface area contributed by atoms with Gasteiger partial charge in [-0.25, -0.2) is 0 Å². The molecule has 1 saturated carbocycles. The second kappa shape index (κ2) is 14.4. The minimum atomic E-state index is -1.57. The number of benzene rings is 3. The van der Waals surface area contributed by atoms with Crippen LogP contribution in [0.3, 0.4) is 0 Å². The van der Waals surface area contributed by atoms with Gasteiger partial charge in [0, 0.05) is 43.2 Å². The first-order valence-electron chi connectivity index (χ1n) is 20.8. The molecule has 2 fully saturated rings. The summed E-state index contributed by atoms with van der Waals surface area (Å²) in [6.07, 6.45) is 13.0. The SMILES string of the molecule is COc1cc2c3c(c4c(O)c2c2c1C=CC(C1=C5[CH+]C=CC=C5N=C1)OCC1OC(O2)C(O)C(OC#CCc2cccc5c2CN(CC4=O)C5=O)C1O)C1CCCC1CC3. The van der Waals surface area contributed by atoms with E-state index < -0.39 is 36.8 Å². The van der Waals surface area contributed by atoms with Gasteiger partial charge in [-0.2, -0.15) is 4.99 Å². The Morgan fingerprint density at radius 2 is 1.98 bits per heavy atom. The van der Waals surface area contributed by atoms with Gasteiger partial charge >= 0.3 is 0 Å². The third-order valence-corrected chi connectivity index (χ3v) is 13.6. The van der Waals surface area contributed by atoms with Gasteiger partial charge in [0.05, 0.1) is 48.6 Å². The van der Waals surface area contributed by atoms with Gasteiger partial charge in [0.1, 0.15) is 47.2 Å². The van der Waals surface area contributed by atoms with Crippen LogP contribution in [0.4, 0.5) is 0 Å². The van der Waals surface area contributed by atoms with Crippen LogP contribution in [0, 0.1) is 24.4 Å². The normalized spacial score (nSPS) is 29.9. The predicted octanol–water partition coefficient (Wildman–Crippen LogP) is 5.40. The van der Waals surface area contributed by atoms with Crippen LogP contribution in [0.15, 0.2) is 70.4 Å². The summed E-state index contributed by atoms with van der Waals surface area (Å²) in [5.74, 6) is 3.05. The molecule has 8 unspecified atom stereocenters. The molecule has 0 spiro atoms. The fourth-order valence-corrected chi connectivity index (χ4v) is 10.7. The number of amides is 1. The van der Waals surface area contributed by atoms with E-state index in [1.165, 1.54) is 4.90 Å². The van der Waals surface area contributed by atoms with Crippen molar-refractivity contribution in [3.63, 3.8) is 0 Å². The number of aromatic hydroxyl groups is 1. The van der Waals surface area contributed by atoms with Crippen LogP contribution in [-0.4, -0.2) is 95.2 Å². The lowest BCUT2D eigenvalue weighted by molar-refractivity contribution is -0.279. The molecule has 12 nitrogen and oxygen atoms in total. The van der Waals surface area contributed by atoms with Gasteiger partial charge < -0.3 is 43.9 Å². The van der Waals surface area contributed by atoms with Crippen LogP contribution in [0.5, 0.6) is 17.2 Å². The van der Waals surface area contributed by atoms with Crippen LogP contribution in [0.1, 0.15) is 80.1 Å². The Morgan fingerprint density at radius 3 is 2.87 bits per heavy atom. The smallest absolute Gasteiger partial charge is 0.254 e. The standard InChI is InChI=1S/C48H42N2O10/c1-56-37-19-31-28-15-14-25-8-4-11-26(25)39(28)41-35(51)22-50-21-33-24(7-5-12-29(33)47(50)55)9-6-18-57-46-42(52)38-23-58-36(32-20-49-34-13-3-2-10-27(32)34)17-16-30(37)45(40(31)43(41)53)60-48(59-38)44(46)54/h2-3,5,7,10,12-13,16-17,19-20,25-26,36,38,42,44,46,48,52,54H,4,8-9,11,14-15,21-23H2,1H3/p+1. The number of hydrogen-bond donors (Lipinski definition) is 3. The first-order chi connectivity index (χ1) is 29.3. The number of phenols is 1. The Bertz CT molecular complexity index is 2610. The largest absolute Gasteiger partial charge is 0.506 e. The number of methoxy groups -OCH3 is 1. The molecule has 3 aromatic rings. The Labute approximate surface area is 346 Å². The number of fused-ring (bicyclic) bond motifs is 10. The first-order valence-corrected chi connectivity index (χ1v) is 20.8. The molecule has 8 bridgehead atoms. The number of aliphatic hydroxyl groups is 2. The van der Waals surface area contributed by atoms with E-state index in [-0.39, 0.29) is 66.2 Å². The summed E-state index contributed by atoms with van der Waals surface area (Å²) in [4.78, 5) is 35.1. The molecule has 1 amide bonds. The average molecular weight is 808 g/mol. The quantitative estimate of drug-likeness (QED) is 0.226. The topological polar surface area (TPSA) is 157 Å². The maximum absolute atomic E-state index is 15.0. The number of allylic oxidation sites excluding steroid dienone is 4.